The first kappa shape index (κ1) is 14.5. The molecule has 0 spiro atoms. The maximum atomic E-state index is 10.4. The minimum atomic E-state index is -1.20. The topological polar surface area (TPSA) is 153 Å². The number of nitrogens with two attached hydrogens (primary N) is 3. The lowest BCUT2D eigenvalue weighted by atomic mass is 10.3. The van der Waals surface area contributed by atoms with Crippen molar-refractivity contribution in [3.05, 3.63) is 0 Å². The van der Waals surface area contributed by atoms with Crippen LogP contribution in [0.5, 0.6) is 0 Å². The van der Waals surface area contributed by atoms with Crippen LogP contribution in [0.1, 0.15) is 0 Å². The van der Waals surface area contributed by atoms with Gasteiger partial charge < -0.3 is 27.4 Å². The number of hydrogen-bond donors (Lipinski definition) is 5. The van der Waals surface area contributed by atoms with Crippen molar-refractivity contribution in [2.45, 2.75) is 17.5 Å². The molecule has 0 rings (SSSR count). The normalized spacial score (nSPS) is 16.7. The van der Waals surface area contributed by atoms with Gasteiger partial charge in [0.2, 0.25) is 0 Å². The highest BCUT2D eigenvalue weighted by Gasteiger charge is 2.22. The number of aliphatic carboxylic acids is 2. The van der Waals surface area contributed by atoms with Crippen LogP contribution in [0.25, 0.3) is 0 Å². The van der Waals surface area contributed by atoms with Gasteiger partial charge in [0.05, 0.1) is 5.37 Å². The van der Waals surface area contributed by atoms with Crippen LogP contribution in [-0.4, -0.2) is 45.4 Å². The van der Waals surface area contributed by atoms with E-state index >= 15 is 0 Å². The highest BCUT2D eigenvalue weighted by Crippen LogP contribution is 2.25. The van der Waals surface area contributed by atoms with Crippen LogP contribution in [0.3, 0.4) is 0 Å². The quantitative estimate of drug-likeness (QED) is 0.269. The van der Waals surface area contributed by atoms with E-state index in [0.29, 0.717) is 0 Å². The molecule has 9 heteroatoms. The van der Waals surface area contributed by atoms with Gasteiger partial charge >= 0.3 is 11.9 Å². The van der Waals surface area contributed by atoms with E-state index in [1.165, 1.54) is 0 Å². The molecule has 3 atom stereocenters. The molecule has 3 unspecified atom stereocenters. The van der Waals surface area contributed by atoms with Crippen molar-refractivity contribution in [3.63, 3.8) is 0 Å². The van der Waals surface area contributed by atoms with Gasteiger partial charge in [-0.25, -0.2) is 0 Å². The third kappa shape index (κ3) is 5.85. The van der Waals surface area contributed by atoms with Crippen LogP contribution < -0.4 is 17.2 Å². The molecule has 0 amide bonds. The molecular weight excluding hydrogens is 242 g/mol. The number of carbonyl (C=O) groups is 2. The highest BCUT2D eigenvalue weighted by atomic mass is 33.1. The molecule has 15 heavy (non-hydrogen) atoms. The molecule has 0 aromatic rings. The van der Waals surface area contributed by atoms with Gasteiger partial charge in [-0.05, 0) is 0 Å². The molecule has 0 saturated carbocycles. The lowest BCUT2D eigenvalue weighted by Gasteiger charge is -2.14. The van der Waals surface area contributed by atoms with Gasteiger partial charge in [0, 0.05) is 5.75 Å². The highest BCUT2D eigenvalue weighted by molar-refractivity contribution is 8.77. The zero-order valence-corrected chi connectivity index (χ0v) is 9.33. The monoisotopic (exact) mass is 255 g/mol. The summed E-state index contributed by atoms with van der Waals surface area (Å²) < 4.78 is 0. The third-order valence-electron chi connectivity index (χ3n) is 1.38. The molecule has 0 saturated heterocycles. The van der Waals surface area contributed by atoms with Crippen molar-refractivity contribution in [3.8, 4) is 0 Å². The summed E-state index contributed by atoms with van der Waals surface area (Å²) >= 11 is 0. The second kappa shape index (κ2) is 6.90. The van der Waals surface area contributed by atoms with Crippen LogP contribution in [0.4, 0.5) is 0 Å². The van der Waals surface area contributed by atoms with E-state index in [1.807, 2.05) is 0 Å². The number of rotatable bonds is 7. The summed E-state index contributed by atoms with van der Waals surface area (Å²) in [5.41, 5.74) is 15.9. The van der Waals surface area contributed by atoms with Crippen LogP contribution >= 0.6 is 21.6 Å². The van der Waals surface area contributed by atoms with Gasteiger partial charge in [-0.1, -0.05) is 21.6 Å². The van der Waals surface area contributed by atoms with E-state index in [2.05, 4.69) is 0 Å². The minimum absolute atomic E-state index is 0.139. The molecule has 0 aliphatic carbocycles. The summed E-state index contributed by atoms with van der Waals surface area (Å²) in [5, 5.41) is 16.2. The van der Waals surface area contributed by atoms with Crippen LogP contribution in [0.15, 0.2) is 0 Å². The largest absolute Gasteiger partial charge is 0.480 e. The SMILES string of the molecule is NC(CSSC(N)C(N)C(=O)O)C(=O)O. The van der Waals surface area contributed by atoms with Gasteiger partial charge in [-0.15, -0.1) is 0 Å². The van der Waals surface area contributed by atoms with Gasteiger partial charge in [0.1, 0.15) is 12.1 Å². The van der Waals surface area contributed by atoms with E-state index < -0.39 is 29.4 Å². The Morgan fingerprint density at radius 1 is 1.13 bits per heavy atom. The summed E-state index contributed by atoms with van der Waals surface area (Å²) in [7, 11) is 2.09. The number of hydrogen-bond acceptors (Lipinski definition) is 7. The Kier molecular flexibility index (Phi) is 6.68. The number of carboxylic acids is 2. The van der Waals surface area contributed by atoms with Crippen molar-refractivity contribution < 1.29 is 19.8 Å². The molecule has 0 aromatic heterocycles. The van der Waals surface area contributed by atoms with E-state index in [9.17, 15) is 9.59 Å². The summed E-state index contributed by atoms with van der Waals surface area (Å²) in [6, 6.07) is -2.17. The zero-order chi connectivity index (χ0) is 12.0. The lowest BCUT2D eigenvalue weighted by Crippen LogP contribution is -2.44. The predicted molar refractivity (Wildman–Crippen MR) is 59.2 cm³/mol. The molecule has 0 aromatic carbocycles. The fourth-order valence-electron chi connectivity index (χ4n) is 0.463. The molecule has 0 bridgehead atoms. The van der Waals surface area contributed by atoms with Gasteiger partial charge in [0.15, 0.2) is 0 Å². The summed E-state index contributed by atoms with van der Waals surface area (Å²) in [6.07, 6.45) is 0. The molecule has 0 heterocycles. The Labute approximate surface area is 94.1 Å². The van der Waals surface area contributed by atoms with E-state index in [1.54, 1.807) is 0 Å². The first-order chi connectivity index (χ1) is 6.86. The Bertz CT molecular complexity index is 240. The molecule has 8 N–H and O–H groups in total. The van der Waals surface area contributed by atoms with Crippen molar-refractivity contribution in [1.82, 2.24) is 0 Å². The van der Waals surface area contributed by atoms with Gasteiger partial charge in [-0.2, -0.15) is 0 Å². The van der Waals surface area contributed by atoms with Crippen LogP contribution in [0, 0.1) is 0 Å². The molecular formula is C6H13N3O4S2. The predicted octanol–water partition coefficient (Wildman–Crippen LogP) is -1.52. The van der Waals surface area contributed by atoms with Gasteiger partial charge in [0.25, 0.3) is 0 Å². The minimum Gasteiger partial charge on any atom is -0.480 e. The zero-order valence-electron chi connectivity index (χ0n) is 7.70. The summed E-state index contributed by atoms with van der Waals surface area (Å²) in [4.78, 5) is 20.7. The first-order valence-corrected chi connectivity index (χ1v) is 6.25. The maximum Gasteiger partial charge on any atom is 0.323 e. The van der Waals surface area contributed by atoms with Gasteiger partial charge in [-0.3, -0.25) is 9.59 Å². The Morgan fingerprint density at radius 2 is 1.67 bits per heavy atom. The molecule has 0 aliphatic rings. The van der Waals surface area contributed by atoms with Crippen molar-refractivity contribution in [2.75, 3.05) is 5.75 Å². The summed E-state index contributed by atoms with van der Waals surface area (Å²) in [5.74, 6) is -2.17. The molecule has 88 valence electrons. The Balaban J connectivity index is 3.77. The van der Waals surface area contributed by atoms with Crippen LogP contribution in [0.2, 0.25) is 0 Å². The molecule has 0 radical (unpaired) electrons. The smallest absolute Gasteiger partial charge is 0.323 e. The third-order valence-corrected chi connectivity index (χ3v) is 4.01. The first-order valence-electron chi connectivity index (χ1n) is 3.87. The second-order valence-electron chi connectivity index (χ2n) is 2.65. The maximum absolute atomic E-state index is 10.4. The lowest BCUT2D eigenvalue weighted by molar-refractivity contribution is -0.139. The van der Waals surface area contributed by atoms with E-state index in [0.717, 1.165) is 21.6 Å². The Hall–Kier alpha value is -0.480. The van der Waals surface area contributed by atoms with Crippen molar-refractivity contribution >= 4 is 33.5 Å². The molecule has 0 aliphatic heterocycles. The van der Waals surface area contributed by atoms with E-state index in [4.69, 9.17) is 27.4 Å². The van der Waals surface area contributed by atoms with Crippen molar-refractivity contribution in [1.29, 1.82) is 0 Å². The standard InChI is InChI=1S/C6H13N3O4S2/c7-2(5(10)11)1-14-15-4(9)3(8)6(12)13/h2-4H,1,7-9H2,(H,10,11)(H,12,13). The molecule has 0 fully saturated rings. The fourth-order valence-corrected chi connectivity index (χ4v) is 2.73. The van der Waals surface area contributed by atoms with Crippen molar-refractivity contribution in [2.24, 2.45) is 17.2 Å². The second-order valence-corrected chi connectivity index (χ2v) is 5.24. The molecule has 7 nitrogen and oxygen atoms in total. The number of carboxylic acid groups (broad SMARTS) is 2. The average Bonchev–Trinajstić information content (AvgIpc) is 2.15. The van der Waals surface area contributed by atoms with Crippen LogP contribution in [-0.2, 0) is 9.59 Å². The van der Waals surface area contributed by atoms with E-state index in [-0.39, 0.29) is 5.75 Å². The average molecular weight is 255 g/mol. The summed E-state index contributed by atoms with van der Waals surface area (Å²) in [6.45, 7) is 0. The fraction of sp³-hybridized carbons (Fsp3) is 0.667. The Morgan fingerprint density at radius 3 is 2.07 bits per heavy atom.